The number of amides is 1. The number of carbonyl (C=O) groups is 1. The zero-order valence-electron chi connectivity index (χ0n) is 14.7. The number of ether oxygens (including phenoxy) is 2. The summed E-state index contributed by atoms with van der Waals surface area (Å²) in [5.41, 5.74) is 1.75. The first kappa shape index (κ1) is 21.5. The number of halogens is 1. The molecule has 1 heterocycles. The van der Waals surface area contributed by atoms with Gasteiger partial charge in [-0.1, -0.05) is 12.1 Å². The van der Waals surface area contributed by atoms with Gasteiger partial charge in [-0.2, -0.15) is 0 Å². The Morgan fingerprint density at radius 2 is 2.08 bits per heavy atom. The molecule has 8 heteroatoms. The van der Waals surface area contributed by atoms with Crippen LogP contribution < -0.4 is 16.0 Å². The number of hydrogen-bond donors (Lipinski definition) is 3. The highest BCUT2D eigenvalue weighted by molar-refractivity contribution is 14.0. The molecule has 1 unspecified atom stereocenters. The topological polar surface area (TPSA) is 84.0 Å². The van der Waals surface area contributed by atoms with E-state index in [2.05, 4.69) is 25.7 Å². The lowest BCUT2D eigenvalue weighted by atomic mass is 10.2. The Hall–Kier alpha value is -1.55. The van der Waals surface area contributed by atoms with Crippen LogP contribution >= 0.6 is 24.0 Å². The van der Waals surface area contributed by atoms with E-state index in [1.54, 1.807) is 0 Å². The molecule has 1 aliphatic rings. The number of aliphatic imine (C=N–C) groups is 1. The van der Waals surface area contributed by atoms with Crippen LogP contribution in [0.3, 0.4) is 0 Å². The van der Waals surface area contributed by atoms with Crippen molar-refractivity contribution in [1.29, 1.82) is 0 Å². The van der Waals surface area contributed by atoms with Gasteiger partial charge in [0.2, 0.25) is 0 Å². The van der Waals surface area contributed by atoms with E-state index in [1.165, 1.54) is 7.11 Å². The number of methoxy groups -OCH3 is 1. The number of nitrogens with zero attached hydrogens (tertiary/aromatic N) is 1. The van der Waals surface area contributed by atoms with E-state index in [4.69, 9.17) is 4.74 Å². The second-order valence-corrected chi connectivity index (χ2v) is 5.52. The molecule has 0 saturated carbocycles. The third kappa shape index (κ3) is 7.91. The number of benzene rings is 1. The molecule has 0 aromatic heterocycles. The normalized spacial score (nSPS) is 16.7. The van der Waals surface area contributed by atoms with Crippen molar-refractivity contribution in [2.24, 2.45) is 4.99 Å². The van der Waals surface area contributed by atoms with Crippen LogP contribution in [0.2, 0.25) is 0 Å². The van der Waals surface area contributed by atoms with E-state index >= 15 is 0 Å². The molecule has 1 fully saturated rings. The Labute approximate surface area is 166 Å². The summed E-state index contributed by atoms with van der Waals surface area (Å²) in [6.45, 7) is 5.02. The molecule has 1 aromatic carbocycles. The van der Waals surface area contributed by atoms with Crippen molar-refractivity contribution in [2.45, 2.75) is 32.4 Å². The van der Waals surface area contributed by atoms with E-state index in [-0.39, 0.29) is 30.1 Å². The predicted molar refractivity (Wildman–Crippen MR) is 110 cm³/mol. The summed E-state index contributed by atoms with van der Waals surface area (Å²) in [5, 5.41) is 9.17. The minimum Gasteiger partial charge on any atom is -0.453 e. The van der Waals surface area contributed by atoms with Crippen LogP contribution in [-0.4, -0.2) is 45.0 Å². The second-order valence-electron chi connectivity index (χ2n) is 5.52. The van der Waals surface area contributed by atoms with Gasteiger partial charge in [-0.3, -0.25) is 5.32 Å². The summed E-state index contributed by atoms with van der Waals surface area (Å²) < 4.78 is 10.2. The summed E-state index contributed by atoms with van der Waals surface area (Å²) >= 11 is 0. The van der Waals surface area contributed by atoms with Gasteiger partial charge in [-0.15, -0.1) is 24.0 Å². The first-order valence-corrected chi connectivity index (χ1v) is 8.29. The fraction of sp³-hybridized carbons (Fsp3) is 0.529. The highest BCUT2D eigenvalue weighted by atomic mass is 127. The average Bonchev–Trinajstić information content (AvgIpc) is 3.12. The third-order valence-electron chi connectivity index (χ3n) is 3.67. The van der Waals surface area contributed by atoms with E-state index in [0.717, 1.165) is 44.1 Å². The Bertz CT molecular complexity index is 545. The van der Waals surface area contributed by atoms with Gasteiger partial charge < -0.3 is 20.1 Å². The molecule has 0 bridgehead atoms. The van der Waals surface area contributed by atoms with E-state index in [0.29, 0.717) is 12.2 Å². The van der Waals surface area contributed by atoms with Crippen LogP contribution in [0, 0.1) is 0 Å². The van der Waals surface area contributed by atoms with Gasteiger partial charge >= 0.3 is 6.09 Å². The zero-order valence-corrected chi connectivity index (χ0v) is 17.0. The third-order valence-corrected chi connectivity index (χ3v) is 3.67. The van der Waals surface area contributed by atoms with Gasteiger partial charge in [0, 0.05) is 25.4 Å². The van der Waals surface area contributed by atoms with Crippen LogP contribution in [0.1, 0.15) is 25.3 Å². The summed E-state index contributed by atoms with van der Waals surface area (Å²) in [5.74, 6) is 0.782. The first-order valence-electron chi connectivity index (χ1n) is 8.29. The second kappa shape index (κ2) is 11.9. The molecular weight excluding hydrogens is 435 g/mol. The molecule has 1 amide bonds. The Balaban J connectivity index is 0.00000312. The van der Waals surface area contributed by atoms with Gasteiger partial charge in [0.15, 0.2) is 5.96 Å². The number of rotatable bonds is 6. The molecule has 0 aliphatic carbocycles. The minimum absolute atomic E-state index is 0. The maximum atomic E-state index is 11.2. The van der Waals surface area contributed by atoms with Crippen molar-refractivity contribution in [3.63, 3.8) is 0 Å². The van der Waals surface area contributed by atoms with Crippen molar-refractivity contribution < 1.29 is 14.3 Å². The van der Waals surface area contributed by atoms with Crippen molar-refractivity contribution in [3.8, 4) is 0 Å². The van der Waals surface area contributed by atoms with Crippen LogP contribution in [-0.2, 0) is 16.0 Å². The lowest BCUT2D eigenvalue weighted by Crippen LogP contribution is -2.41. The van der Waals surface area contributed by atoms with Crippen molar-refractivity contribution in [3.05, 3.63) is 29.8 Å². The lowest BCUT2D eigenvalue weighted by molar-refractivity contribution is 0.114. The lowest BCUT2D eigenvalue weighted by Gasteiger charge is -2.14. The largest absolute Gasteiger partial charge is 0.453 e. The van der Waals surface area contributed by atoms with Crippen molar-refractivity contribution >= 4 is 41.7 Å². The maximum absolute atomic E-state index is 11.2. The van der Waals surface area contributed by atoms with Gasteiger partial charge in [0.05, 0.1) is 19.8 Å². The Kier molecular flexibility index (Phi) is 10.2. The number of nitrogens with one attached hydrogen (secondary N) is 3. The predicted octanol–water partition coefficient (Wildman–Crippen LogP) is 2.72. The van der Waals surface area contributed by atoms with E-state index < -0.39 is 6.09 Å². The quantitative estimate of drug-likeness (QED) is 0.344. The van der Waals surface area contributed by atoms with Gasteiger partial charge in [-0.05, 0) is 37.5 Å². The summed E-state index contributed by atoms with van der Waals surface area (Å²) in [7, 11) is 1.34. The molecule has 140 valence electrons. The molecule has 3 N–H and O–H groups in total. The zero-order chi connectivity index (χ0) is 17.2. The summed E-state index contributed by atoms with van der Waals surface area (Å²) in [6.07, 6.45) is 2.03. The summed E-state index contributed by atoms with van der Waals surface area (Å²) in [4.78, 5) is 15.7. The standard InChI is InChI=1S/C17H26N4O3.HI/c1-3-18-16(20-12-15-5-4-10-24-15)19-11-13-6-8-14(9-7-13)21-17(22)23-2;/h6-9,15H,3-5,10-12H2,1-2H3,(H,21,22)(H2,18,19,20);1H. The first-order chi connectivity index (χ1) is 11.7. The van der Waals surface area contributed by atoms with Crippen molar-refractivity contribution in [2.75, 3.05) is 32.1 Å². The molecule has 0 spiro atoms. The Morgan fingerprint density at radius 3 is 2.68 bits per heavy atom. The van der Waals surface area contributed by atoms with E-state index in [9.17, 15) is 4.79 Å². The van der Waals surface area contributed by atoms with Gasteiger partial charge in [0.25, 0.3) is 0 Å². The maximum Gasteiger partial charge on any atom is 0.411 e. The number of hydrogen-bond acceptors (Lipinski definition) is 4. The Morgan fingerprint density at radius 1 is 1.32 bits per heavy atom. The molecular formula is C17H27IN4O3. The fourth-order valence-corrected chi connectivity index (χ4v) is 2.39. The SMILES string of the molecule is CCNC(=NCc1ccc(NC(=O)OC)cc1)NCC1CCCO1.I. The smallest absolute Gasteiger partial charge is 0.411 e. The molecule has 1 saturated heterocycles. The monoisotopic (exact) mass is 462 g/mol. The molecule has 1 atom stereocenters. The summed E-state index contributed by atoms with van der Waals surface area (Å²) in [6, 6.07) is 7.51. The molecule has 0 radical (unpaired) electrons. The van der Waals surface area contributed by atoms with Gasteiger partial charge in [-0.25, -0.2) is 9.79 Å². The molecule has 2 rings (SSSR count). The number of anilines is 1. The molecule has 7 nitrogen and oxygen atoms in total. The number of carbonyl (C=O) groups excluding carboxylic acids is 1. The molecule has 25 heavy (non-hydrogen) atoms. The molecule has 1 aromatic rings. The average molecular weight is 462 g/mol. The van der Waals surface area contributed by atoms with Crippen LogP contribution in [0.25, 0.3) is 0 Å². The highest BCUT2D eigenvalue weighted by Crippen LogP contribution is 2.11. The van der Waals surface area contributed by atoms with Crippen molar-refractivity contribution in [1.82, 2.24) is 10.6 Å². The minimum atomic E-state index is -0.478. The van der Waals surface area contributed by atoms with E-state index in [1.807, 2.05) is 31.2 Å². The highest BCUT2D eigenvalue weighted by Gasteiger charge is 2.15. The van der Waals surface area contributed by atoms with Crippen LogP contribution in [0.15, 0.2) is 29.3 Å². The number of guanidine groups is 1. The molecule has 1 aliphatic heterocycles. The van der Waals surface area contributed by atoms with Gasteiger partial charge in [0.1, 0.15) is 0 Å². The fourth-order valence-electron chi connectivity index (χ4n) is 2.39. The van der Waals surface area contributed by atoms with Crippen LogP contribution in [0.4, 0.5) is 10.5 Å². The van der Waals surface area contributed by atoms with Crippen LogP contribution in [0.5, 0.6) is 0 Å².